The molecule has 0 radical (unpaired) electrons. The number of hydrogen-bond acceptors (Lipinski definition) is 3. The molecule has 0 saturated carbocycles. The molecule has 0 aromatic heterocycles. The number of fused-ring (bicyclic) bond motifs is 1. The summed E-state index contributed by atoms with van der Waals surface area (Å²) in [5.74, 6) is -0.0586. The molecule has 0 aliphatic carbocycles. The fraction of sp³-hybridized carbons (Fsp3) is 0.417. The van der Waals surface area contributed by atoms with E-state index in [0.717, 1.165) is 29.9 Å². The zero-order valence-corrected chi connectivity index (χ0v) is 10.5. The van der Waals surface area contributed by atoms with Crippen molar-refractivity contribution in [3.63, 3.8) is 0 Å². The Morgan fingerprint density at radius 3 is 3.06 bits per heavy atom. The lowest BCUT2D eigenvalue weighted by Gasteiger charge is -2.23. The molecule has 1 amide bonds. The minimum absolute atomic E-state index is 0.0289. The van der Waals surface area contributed by atoms with E-state index in [1.807, 2.05) is 19.1 Å². The molecule has 1 aliphatic heterocycles. The van der Waals surface area contributed by atoms with Gasteiger partial charge in [0.15, 0.2) is 0 Å². The minimum Gasteiger partial charge on any atom is -0.383 e. The van der Waals surface area contributed by atoms with Gasteiger partial charge >= 0.3 is 0 Å². The molecule has 5 heteroatoms. The second-order valence-corrected chi connectivity index (χ2v) is 4.50. The third-order valence-electron chi connectivity index (χ3n) is 3.00. The van der Waals surface area contributed by atoms with Crippen LogP contribution in [0.5, 0.6) is 0 Å². The maximum absolute atomic E-state index is 11.8. The summed E-state index contributed by atoms with van der Waals surface area (Å²) in [5.41, 5.74) is 8.23. The molecule has 1 aliphatic rings. The van der Waals surface area contributed by atoms with Crippen LogP contribution >= 0.6 is 11.6 Å². The maximum atomic E-state index is 11.8. The normalized spacial score (nSPS) is 14.9. The van der Waals surface area contributed by atoms with E-state index < -0.39 is 0 Å². The molecule has 1 aromatic rings. The summed E-state index contributed by atoms with van der Waals surface area (Å²) in [6.45, 7) is 3.51. The Labute approximate surface area is 106 Å². The van der Waals surface area contributed by atoms with Crippen LogP contribution in [-0.2, 0) is 4.79 Å². The van der Waals surface area contributed by atoms with Gasteiger partial charge in [-0.25, -0.2) is 0 Å². The SMILES string of the molecule is Cc1c(Cl)ccc2c1NCCCN2C(=O)CN. The van der Waals surface area contributed by atoms with E-state index in [-0.39, 0.29) is 12.5 Å². The van der Waals surface area contributed by atoms with Gasteiger partial charge in [0.05, 0.1) is 17.9 Å². The molecule has 3 N–H and O–H groups in total. The van der Waals surface area contributed by atoms with Crippen molar-refractivity contribution >= 4 is 28.9 Å². The van der Waals surface area contributed by atoms with Crippen molar-refractivity contribution < 1.29 is 4.79 Å². The van der Waals surface area contributed by atoms with Crippen LogP contribution in [0.15, 0.2) is 12.1 Å². The smallest absolute Gasteiger partial charge is 0.240 e. The lowest BCUT2D eigenvalue weighted by Crippen LogP contribution is -2.36. The fourth-order valence-electron chi connectivity index (χ4n) is 2.06. The Bertz CT molecular complexity index is 448. The first-order valence-electron chi connectivity index (χ1n) is 5.68. The number of hydrogen-bond donors (Lipinski definition) is 2. The first-order chi connectivity index (χ1) is 8.15. The predicted molar refractivity (Wildman–Crippen MR) is 70.7 cm³/mol. The number of amides is 1. The molecule has 92 valence electrons. The van der Waals surface area contributed by atoms with Crippen molar-refractivity contribution in [2.45, 2.75) is 13.3 Å². The van der Waals surface area contributed by atoms with Gasteiger partial charge in [0.1, 0.15) is 0 Å². The van der Waals surface area contributed by atoms with Crippen molar-refractivity contribution in [3.05, 3.63) is 22.7 Å². The van der Waals surface area contributed by atoms with Crippen molar-refractivity contribution in [3.8, 4) is 0 Å². The van der Waals surface area contributed by atoms with Gasteiger partial charge in [0.2, 0.25) is 5.91 Å². The summed E-state index contributed by atoms with van der Waals surface area (Å²) < 4.78 is 0. The number of nitrogens with two attached hydrogens (primary N) is 1. The molecular formula is C12H16ClN3O. The van der Waals surface area contributed by atoms with Crippen molar-refractivity contribution in [2.24, 2.45) is 5.73 Å². The summed E-state index contributed by atoms with van der Waals surface area (Å²) in [4.78, 5) is 13.6. The van der Waals surface area contributed by atoms with Crippen molar-refractivity contribution in [2.75, 3.05) is 29.9 Å². The Morgan fingerprint density at radius 1 is 1.59 bits per heavy atom. The first-order valence-corrected chi connectivity index (χ1v) is 6.06. The minimum atomic E-state index is -0.0586. The number of halogens is 1. The van der Waals surface area contributed by atoms with E-state index in [4.69, 9.17) is 17.3 Å². The second kappa shape index (κ2) is 4.94. The van der Waals surface area contributed by atoms with Crippen LogP contribution in [-0.4, -0.2) is 25.5 Å². The number of carbonyl (C=O) groups excluding carboxylic acids is 1. The number of rotatable bonds is 1. The van der Waals surface area contributed by atoms with Crippen LogP contribution in [0.4, 0.5) is 11.4 Å². The molecule has 2 rings (SSSR count). The van der Waals surface area contributed by atoms with Gasteiger partial charge in [-0.2, -0.15) is 0 Å². The molecular weight excluding hydrogens is 238 g/mol. The van der Waals surface area contributed by atoms with Crippen LogP contribution in [0.25, 0.3) is 0 Å². The summed E-state index contributed by atoms with van der Waals surface area (Å²) in [6, 6.07) is 3.69. The Hall–Kier alpha value is -1.26. The Balaban J connectivity index is 2.50. The van der Waals surface area contributed by atoms with Crippen LogP contribution in [0.2, 0.25) is 5.02 Å². The molecule has 0 unspecified atom stereocenters. The van der Waals surface area contributed by atoms with E-state index in [0.29, 0.717) is 11.6 Å². The highest BCUT2D eigenvalue weighted by molar-refractivity contribution is 6.32. The quantitative estimate of drug-likeness (QED) is 0.802. The van der Waals surface area contributed by atoms with Crippen LogP contribution < -0.4 is 16.0 Å². The lowest BCUT2D eigenvalue weighted by atomic mass is 10.1. The standard InChI is InChI=1S/C12H16ClN3O/c1-8-9(13)3-4-10-12(8)15-5-2-6-16(10)11(17)7-14/h3-4,15H,2,5-7,14H2,1H3. The number of benzene rings is 1. The number of nitrogens with one attached hydrogen (secondary N) is 1. The van der Waals surface area contributed by atoms with Gasteiger partial charge in [0.25, 0.3) is 0 Å². The molecule has 0 bridgehead atoms. The first kappa shape index (κ1) is 12.2. The monoisotopic (exact) mass is 253 g/mol. The molecule has 0 atom stereocenters. The molecule has 17 heavy (non-hydrogen) atoms. The summed E-state index contributed by atoms with van der Waals surface area (Å²) >= 11 is 6.09. The van der Waals surface area contributed by atoms with E-state index in [2.05, 4.69) is 5.32 Å². The van der Waals surface area contributed by atoms with Gasteiger partial charge < -0.3 is 16.0 Å². The van der Waals surface area contributed by atoms with E-state index in [1.54, 1.807) is 4.90 Å². The van der Waals surface area contributed by atoms with Gasteiger partial charge in [-0.3, -0.25) is 4.79 Å². The summed E-state index contributed by atoms with van der Waals surface area (Å²) in [7, 11) is 0. The molecule has 1 heterocycles. The third kappa shape index (κ3) is 2.23. The highest BCUT2D eigenvalue weighted by Gasteiger charge is 2.21. The zero-order valence-electron chi connectivity index (χ0n) is 9.79. The second-order valence-electron chi connectivity index (χ2n) is 4.10. The fourth-order valence-corrected chi connectivity index (χ4v) is 2.22. The summed E-state index contributed by atoms with van der Waals surface area (Å²) in [5, 5.41) is 4.03. The predicted octanol–water partition coefficient (Wildman–Crippen LogP) is 1.76. The molecule has 0 fully saturated rings. The van der Waals surface area contributed by atoms with Crippen molar-refractivity contribution in [1.82, 2.24) is 0 Å². The molecule has 4 nitrogen and oxygen atoms in total. The van der Waals surface area contributed by atoms with Crippen LogP contribution in [0, 0.1) is 6.92 Å². The Kier molecular flexibility index (Phi) is 3.54. The van der Waals surface area contributed by atoms with E-state index in [9.17, 15) is 4.79 Å². The number of carbonyl (C=O) groups is 1. The van der Waals surface area contributed by atoms with Gasteiger partial charge in [-0.15, -0.1) is 0 Å². The van der Waals surface area contributed by atoms with Crippen molar-refractivity contribution in [1.29, 1.82) is 0 Å². The average Bonchev–Trinajstić information content (AvgIpc) is 2.55. The Morgan fingerprint density at radius 2 is 2.35 bits per heavy atom. The molecule has 0 spiro atoms. The third-order valence-corrected chi connectivity index (χ3v) is 3.41. The van der Waals surface area contributed by atoms with Crippen LogP contribution in [0.3, 0.4) is 0 Å². The zero-order chi connectivity index (χ0) is 12.4. The highest BCUT2D eigenvalue weighted by atomic mass is 35.5. The number of anilines is 2. The topological polar surface area (TPSA) is 58.4 Å². The largest absolute Gasteiger partial charge is 0.383 e. The number of nitrogens with zero attached hydrogens (tertiary/aromatic N) is 1. The van der Waals surface area contributed by atoms with Crippen LogP contribution in [0.1, 0.15) is 12.0 Å². The van der Waals surface area contributed by atoms with Gasteiger partial charge in [-0.1, -0.05) is 11.6 Å². The molecule has 0 saturated heterocycles. The van der Waals surface area contributed by atoms with E-state index in [1.165, 1.54) is 0 Å². The molecule has 1 aromatic carbocycles. The highest BCUT2D eigenvalue weighted by Crippen LogP contribution is 2.35. The average molecular weight is 254 g/mol. The van der Waals surface area contributed by atoms with Gasteiger partial charge in [0, 0.05) is 18.1 Å². The van der Waals surface area contributed by atoms with E-state index >= 15 is 0 Å². The maximum Gasteiger partial charge on any atom is 0.240 e. The summed E-state index contributed by atoms with van der Waals surface area (Å²) in [6.07, 6.45) is 0.900. The van der Waals surface area contributed by atoms with Gasteiger partial charge in [-0.05, 0) is 31.0 Å². The lowest BCUT2D eigenvalue weighted by molar-refractivity contribution is -0.117.